The Bertz CT molecular complexity index is 173. The topological polar surface area (TPSA) is 41.6 Å². The van der Waals surface area contributed by atoms with Gasteiger partial charge in [-0.1, -0.05) is 6.92 Å². The van der Waals surface area contributed by atoms with Gasteiger partial charge in [-0.3, -0.25) is 9.63 Å². The quantitative estimate of drug-likeness (QED) is 0.696. The third-order valence-electron chi connectivity index (χ3n) is 2.21. The van der Waals surface area contributed by atoms with E-state index in [4.69, 9.17) is 4.84 Å². The van der Waals surface area contributed by atoms with E-state index in [0.717, 1.165) is 25.8 Å². The molecule has 0 spiro atoms. The van der Waals surface area contributed by atoms with Crippen LogP contribution in [0.2, 0.25) is 0 Å². The summed E-state index contributed by atoms with van der Waals surface area (Å²) in [5.41, 5.74) is 0. The zero-order valence-corrected chi connectivity index (χ0v) is 8.38. The van der Waals surface area contributed by atoms with E-state index in [2.05, 4.69) is 12.2 Å². The number of hydrogen-bond donors (Lipinski definition) is 1. The maximum Gasteiger partial charge on any atom is 0.239 e. The molecule has 1 heterocycles. The summed E-state index contributed by atoms with van der Waals surface area (Å²) in [7, 11) is 1.67. The van der Waals surface area contributed by atoms with Crippen molar-refractivity contribution in [1.82, 2.24) is 10.4 Å². The predicted molar refractivity (Wildman–Crippen MR) is 50.0 cm³/mol. The molecule has 0 radical (unpaired) electrons. The van der Waals surface area contributed by atoms with E-state index < -0.39 is 0 Å². The minimum Gasteiger partial charge on any atom is -0.358 e. The van der Waals surface area contributed by atoms with Crippen LogP contribution in [-0.2, 0) is 9.63 Å². The van der Waals surface area contributed by atoms with Gasteiger partial charge in [0.05, 0.1) is 6.61 Å². The molecule has 1 N–H and O–H groups in total. The standard InChI is InChI=1S/C9H18N2O2/c1-3-7-13-11-6-4-5-8(11)9(12)10-2/h8H,3-7H2,1-2H3,(H,10,12)/t8-/m0/s1. The van der Waals surface area contributed by atoms with Gasteiger partial charge in [-0.25, -0.2) is 0 Å². The summed E-state index contributed by atoms with van der Waals surface area (Å²) in [4.78, 5) is 16.8. The molecular formula is C9H18N2O2. The summed E-state index contributed by atoms with van der Waals surface area (Å²) in [5.74, 6) is 0.0635. The fourth-order valence-corrected chi connectivity index (χ4v) is 1.53. The Morgan fingerprint density at radius 2 is 2.46 bits per heavy atom. The number of likely N-dealkylation sites (N-methyl/N-ethyl adjacent to an activating group) is 1. The van der Waals surface area contributed by atoms with Crippen LogP contribution in [0.1, 0.15) is 26.2 Å². The van der Waals surface area contributed by atoms with Gasteiger partial charge in [-0.15, -0.1) is 0 Å². The van der Waals surface area contributed by atoms with Crippen LogP contribution in [0.25, 0.3) is 0 Å². The SMILES string of the molecule is CCCON1CCC[C@H]1C(=O)NC. The van der Waals surface area contributed by atoms with Crippen LogP contribution < -0.4 is 5.32 Å². The summed E-state index contributed by atoms with van der Waals surface area (Å²) in [6.45, 7) is 3.64. The molecule has 0 bridgehead atoms. The van der Waals surface area contributed by atoms with Crippen molar-refractivity contribution in [2.24, 2.45) is 0 Å². The number of nitrogens with one attached hydrogen (secondary N) is 1. The first-order chi connectivity index (χ1) is 6.29. The van der Waals surface area contributed by atoms with Crippen molar-refractivity contribution >= 4 is 5.91 Å². The predicted octanol–water partition coefficient (Wildman–Crippen LogP) is 0.538. The smallest absolute Gasteiger partial charge is 0.239 e. The molecule has 1 aliphatic heterocycles. The van der Waals surface area contributed by atoms with E-state index in [-0.39, 0.29) is 11.9 Å². The lowest BCUT2D eigenvalue weighted by molar-refractivity contribution is -0.176. The second-order valence-electron chi connectivity index (χ2n) is 3.25. The van der Waals surface area contributed by atoms with Crippen LogP contribution in [-0.4, -0.2) is 37.2 Å². The van der Waals surface area contributed by atoms with Crippen LogP contribution in [0.3, 0.4) is 0 Å². The zero-order valence-electron chi connectivity index (χ0n) is 8.38. The minimum absolute atomic E-state index is 0.0635. The van der Waals surface area contributed by atoms with E-state index >= 15 is 0 Å². The Hall–Kier alpha value is -0.610. The largest absolute Gasteiger partial charge is 0.358 e. The zero-order chi connectivity index (χ0) is 9.68. The van der Waals surface area contributed by atoms with E-state index in [9.17, 15) is 4.79 Å². The number of hydroxylamine groups is 2. The maximum absolute atomic E-state index is 11.4. The number of rotatable bonds is 4. The second-order valence-corrected chi connectivity index (χ2v) is 3.25. The van der Waals surface area contributed by atoms with Gasteiger partial charge in [0.2, 0.25) is 5.91 Å². The highest BCUT2D eigenvalue weighted by Gasteiger charge is 2.30. The Morgan fingerprint density at radius 1 is 1.69 bits per heavy atom. The molecule has 1 amide bonds. The molecule has 0 saturated carbocycles. The highest BCUT2D eigenvalue weighted by molar-refractivity contribution is 5.81. The van der Waals surface area contributed by atoms with Crippen LogP contribution in [0, 0.1) is 0 Å². The van der Waals surface area contributed by atoms with E-state index in [0.29, 0.717) is 6.61 Å². The molecule has 13 heavy (non-hydrogen) atoms. The lowest BCUT2D eigenvalue weighted by Crippen LogP contribution is -2.41. The van der Waals surface area contributed by atoms with Gasteiger partial charge < -0.3 is 5.32 Å². The summed E-state index contributed by atoms with van der Waals surface area (Å²) in [5, 5.41) is 4.46. The van der Waals surface area contributed by atoms with Gasteiger partial charge in [0, 0.05) is 13.6 Å². The molecule has 4 heteroatoms. The summed E-state index contributed by atoms with van der Waals surface area (Å²) < 4.78 is 0. The summed E-state index contributed by atoms with van der Waals surface area (Å²) >= 11 is 0. The molecule has 0 unspecified atom stereocenters. The van der Waals surface area contributed by atoms with Crippen molar-refractivity contribution < 1.29 is 9.63 Å². The summed E-state index contributed by atoms with van der Waals surface area (Å²) in [6.07, 6.45) is 2.93. The summed E-state index contributed by atoms with van der Waals surface area (Å²) in [6, 6.07) is -0.0726. The van der Waals surface area contributed by atoms with Crippen molar-refractivity contribution in [3.8, 4) is 0 Å². The Balaban J connectivity index is 2.39. The lowest BCUT2D eigenvalue weighted by Gasteiger charge is -2.21. The molecule has 1 atom stereocenters. The van der Waals surface area contributed by atoms with Crippen molar-refractivity contribution in [3.63, 3.8) is 0 Å². The molecule has 0 aromatic heterocycles. The molecule has 1 aliphatic rings. The molecular weight excluding hydrogens is 168 g/mol. The molecule has 0 aromatic carbocycles. The molecule has 1 fully saturated rings. The molecule has 76 valence electrons. The second kappa shape index (κ2) is 5.19. The van der Waals surface area contributed by atoms with Crippen molar-refractivity contribution in [3.05, 3.63) is 0 Å². The molecule has 1 saturated heterocycles. The Labute approximate surface area is 79.2 Å². The Morgan fingerprint density at radius 3 is 3.08 bits per heavy atom. The first-order valence-corrected chi connectivity index (χ1v) is 4.90. The van der Waals surface area contributed by atoms with E-state index in [1.54, 1.807) is 7.05 Å². The van der Waals surface area contributed by atoms with Gasteiger partial charge in [0.15, 0.2) is 0 Å². The fourth-order valence-electron chi connectivity index (χ4n) is 1.53. The molecule has 4 nitrogen and oxygen atoms in total. The third-order valence-corrected chi connectivity index (χ3v) is 2.21. The van der Waals surface area contributed by atoms with Gasteiger partial charge >= 0.3 is 0 Å². The van der Waals surface area contributed by atoms with Crippen molar-refractivity contribution in [2.45, 2.75) is 32.2 Å². The van der Waals surface area contributed by atoms with Gasteiger partial charge in [0.25, 0.3) is 0 Å². The molecule has 0 aromatic rings. The maximum atomic E-state index is 11.4. The number of nitrogens with zero attached hydrogens (tertiary/aromatic N) is 1. The van der Waals surface area contributed by atoms with Crippen LogP contribution in [0.15, 0.2) is 0 Å². The first kappa shape index (κ1) is 10.5. The fraction of sp³-hybridized carbons (Fsp3) is 0.889. The average molecular weight is 186 g/mol. The highest BCUT2D eigenvalue weighted by atomic mass is 16.7. The van der Waals surface area contributed by atoms with Crippen LogP contribution in [0.4, 0.5) is 0 Å². The monoisotopic (exact) mass is 186 g/mol. The Kier molecular flexibility index (Phi) is 4.18. The van der Waals surface area contributed by atoms with Gasteiger partial charge in [-0.2, -0.15) is 5.06 Å². The van der Waals surface area contributed by atoms with Crippen molar-refractivity contribution in [1.29, 1.82) is 0 Å². The van der Waals surface area contributed by atoms with E-state index in [1.807, 2.05) is 5.06 Å². The normalized spacial score (nSPS) is 23.4. The first-order valence-electron chi connectivity index (χ1n) is 4.90. The van der Waals surface area contributed by atoms with Crippen LogP contribution in [0.5, 0.6) is 0 Å². The minimum atomic E-state index is -0.0726. The van der Waals surface area contributed by atoms with Gasteiger partial charge in [0.1, 0.15) is 6.04 Å². The number of hydrogen-bond acceptors (Lipinski definition) is 3. The molecule has 1 rings (SSSR count). The van der Waals surface area contributed by atoms with Crippen molar-refractivity contribution in [2.75, 3.05) is 20.2 Å². The molecule has 0 aliphatic carbocycles. The van der Waals surface area contributed by atoms with Gasteiger partial charge in [-0.05, 0) is 19.3 Å². The third kappa shape index (κ3) is 2.67. The van der Waals surface area contributed by atoms with Crippen LogP contribution >= 0.6 is 0 Å². The number of carbonyl (C=O) groups excluding carboxylic acids is 1. The number of amides is 1. The van der Waals surface area contributed by atoms with E-state index in [1.165, 1.54) is 0 Å². The average Bonchev–Trinajstić information content (AvgIpc) is 2.61. The lowest BCUT2D eigenvalue weighted by atomic mass is 10.2. The number of carbonyl (C=O) groups is 1. The highest BCUT2D eigenvalue weighted by Crippen LogP contribution is 2.17.